The topological polar surface area (TPSA) is 51.2 Å². The first-order valence-electron chi connectivity index (χ1n) is 5.68. The van der Waals surface area contributed by atoms with Crippen LogP contribution in [0.25, 0.3) is 0 Å². The monoisotopic (exact) mass is 262 g/mol. The van der Waals surface area contributed by atoms with Crippen LogP contribution in [-0.2, 0) is 11.3 Å². The fraction of sp³-hybridized carbons (Fsp3) is 0.231. The Bertz CT molecular complexity index is 511. The van der Waals surface area contributed by atoms with Gasteiger partial charge < -0.3 is 10.1 Å². The van der Waals surface area contributed by atoms with Gasteiger partial charge in [-0.2, -0.15) is 0 Å². The Labute approximate surface area is 110 Å². The Morgan fingerprint density at radius 1 is 1.50 bits per heavy atom. The molecule has 0 saturated heterocycles. The molecule has 0 radical (unpaired) electrons. The van der Waals surface area contributed by atoms with Crippen LogP contribution < -0.4 is 5.32 Å². The number of hydrogen-bond acceptors (Lipinski definition) is 5. The minimum Gasteiger partial charge on any atom is -0.462 e. The number of nitrogens with zero attached hydrogens (tertiary/aromatic N) is 1. The predicted octanol–water partition coefficient (Wildman–Crippen LogP) is 2.93. The summed E-state index contributed by atoms with van der Waals surface area (Å²) in [6.07, 6.45) is 1.83. The van der Waals surface area contributed by atoms with E-state index in [-0.39, 0.29) is 5.97 Å². The number of carbonyl (C=O) groups excluding carboxylic acids is 1. The van der Waals surface area contributed by atoms with Crippen LogP contribution in [0.5, 0.6) is 0 Å². The first-order valence-corrected chi connectivity index (χ1v) is 6.56. The predicted molar refractivity (Wildman–Crippen MR) is 71.8 cm³/mol. The van der Waals surface area contributed by atoms with Crippen LogP contribution >= 0.6 is 11.3 Å². The highest BCUT2D eigenvalue weighted by atomic mass is 32.1. The van der Waals surface area contributed by atoms with E-state index in [2.05, 4.69) is 10.3 Å². The summed E-state index contributed by atoms with van der Waals surface area (Å²) in [6.45, 7) is 2.89. The van der Waals surface area contributed by atoms with E-state index in [1.54, 1.807) is 35.9 Å². The van der Waals surface area contributed by atoms with Crippen molar-refractivity contribution in [3.05, 3.63) is 46.4 Å². The molecule has 18 heavy (non-hydrogen) atoms. The number of nitrogens with one attached hydrogen (secondary N) is 1. The molecule has 2 rings (SSSR count). The second-order valence-corrected chi connectivity index (χ2v) is 4.59. The van der Waals surface area contributed by atoms with E-state index >= 15 is 0 Å². The van der Waals surface area contributed by atoms with E-state index in [1.165, 1.54) is 0 Å². The van der Waals surface area contributed by atoms with Crippen LogP contribution in [0.4, 0.5) is 5.69 Å². The SMILES string of the molecule is CCOC(=O)c1cccc(NCc2cncs2)c1. The van der Waals surface area contributed by atoms with Crippen LogP contribution in [0.1, 0.15) is 22.2 Å². The summed E-state index contributed by atoms with van der Waals surface area (Å²) in [6, 6.07) is 7.29. The van der Waals surface area contributed by atoms with Gasteiger partial charge in [-0.3, -0.25) is 4.98 Å². The lowest BCUT2D eigenvalue weighted by Crippen LogP contribution is -2.05. The van der Waals surface area contributed by atoms with Gasteiger partial charge in [0.15, 0.2) is 0 Å². The Balaban J connectivity index is 2.01. The van der Waals surface area contributed by atoms with Gasteiger partial charge in [-0.25, -0.2) is 4.79 Å². The smallest absolute Gasteiger partial charge is 0.338 e. The molecule has 4 nitrogen and oxygen atoms in total. The normalized spacial score (nSPS) is 10.1. The molecule has 5 heteroatoms. The van der Waals surface area contributed by atoms with Crippen molar-refractivity contribution in [1.82, 2.24) is 4.98 Å². The third-order valence-electron chi connectivity index (χ3n) is 2.32. The quantitative estimate of drug-likeness (QED) is 0.842. The molecule has 0 saturated carbocycles. The van der Waals surface area contributed by atoms with Gasteiger partial charge in [0.2, 0.25) is 0 Å². The van der Waals surface area contributed by atoms with Crippen molar-refractivity contribution in [1.29, 1.82) is 0 Å². The highest BCUT2D eigenvalue weighted by molar-refractivity contribution is 7.09. The van der Waals surface area contributed by atoms with Crippen molar-refractivity contribution in [2.24, 2.45) is 0 Å². The average molecular weight is 262 g/mol. The standard InChI is InChI=1S/C13H14N2O2S/c1-2-17-13(16)10-4-3-5-11(6-10)15-8-12-7-14-9-18-12/h3-7,9,15H,2,8H2,1H3. The van der Waals surface area contributed by atoms with Gasteiger partial charge in [-0.15, -0.1) is 11.3 Å². The molecule has 1 N–H and O–H groups in total. The van der Waals surface area contributed by atoms with Gasteiger partial charge in [0.1, 0.15) is 0 Å². The molecule has 0 spiro atoms. The number of esters is 1. The molecule has 0 aliphatic carbocycles. The van der Waals surface area contributed by atoms with Gasteiger partial charge >= 0.3 is 5.97 Å². The first-order chi connectivity index (χ1) is 8.79. The van der Waals surface area contributed by atoms with E-state index in [1.807, 2.05) is 18.3 Å². The zero-order chi connectivity index (χ0) is 12.8. The van der Waals surface area contributed by atoms with Crippen LogP contribution in [-0.4, -0.2) is 17.6 Å². The van der Waals surface area contributed by atoms with Gasteiger partial charge in [0, 0.05) is 16.8 Å². The number of rotatable bonds is 5. The number of carbonyl (C=O) groups is 1. The minimum atomic E-state index is -0.293. The third kappa shape index (κ3) is 3.30. The molecule has 0 aliphatic rings. The molecular formula is C13H14N2O2S. The lowest BCUT2D eigenvalue weighted by molar-refractivity contribution is 0.0526. The summed E-state index contributed by atoms with van der Waals surface area (Å²) in [5.41, 5.74) is 3.26. The maximum Gasteiger partial charge on any atom is 0.338 e. The second kappa shape index (κ2) is 6.16. The Morgan fingerprint density at radius 3 is 3.11 bits per heavy atom. The first kappa shape index (κ1) is 12.6. The molecule has 0 unspecified atom stereocenters. The minimum absolute atomic E-state index is 0.293. The van der Waals surface area contributed by atoms with Gasteiger partial charge in [-0.1, -0.05) is 6.07 Å². The summed E-state index contributed by atoms with van der Waals surface area (Å²) in [5, 5.41) is 3.25. The third-order valence-corrected chi connectivity index (χ3v) is 3.10. The van der Waals surface area contributed by atoms with Crippen molar-refractivity contribution in [2.45, 2.75) is 13.5 Å². The lowest BCUT2D eigenvalue weighted by Gasteiger charge is -2.06. The van der Waals surface area contributed by atoms with Crippen molar-refractivity contribution >= 4 is 23.0 Å². The van der Waals surface area contributed by atoms with Crippen LogP contribution in [0.3, 0.4) is 0 Å². The van der Waals surface area contributed by atoms with E-state index in [4.69, 9.17) is 4.74 Å². The number of anilines is 1. The van der Waals surface area contributed by atoms with Crippen molar-refractivity contribution in [3.63, 3.8) is 0 Å². The molecule has 0 fully saturated rings. The van der Waals surface area contributed by atoms with E-state index in [0.29, 0.717) is 18.7 Å². The molecule has 1 heterocycles. The van der Waals surface area contributed by atoms with E-state index in [0.717, 1.165) is 10.6 Å². The van der Waals surface area contributed by atoms with Gasteiger partial charge in [-0.05, 0) is 25.1 Å². The van der Waals surface area contributed by atoms with Crippen molar-refractivity contribution < 1.29 is 9.53 Å². The molecule has 0 bridgehead atoms. The molecule has 1 aromatic heterocycles. The van der Waals surface area contributed by atoms with Crippen LogP contribution in [0.15, 0.2) is 36.0 Å². The number of hydrogen-bond donors (Lipinski definition) is 1. The molecule has 0 aliphatic heterocycles. The fourth-order valence-corrected chi connectivity index (χ4v) is 2.02. The Hall–Kier alpha value is -1.88. The molecule has 0 amide bonds. The number of aromatic nitrogens is 1. The van der Waals surface area contributed by atoms with E-state index in [9.17, 15) is 4.79 Å². The molecular weight excluding hydrogens is 248 g/mol. The summed E-state index contributed by atoms with van der Waals surface area (Å²) in [4.78, 5) is 16.7. The Kier molecular flexibility index (Phi) is 4.30. The van der Waals surface area contributed by atoms with Crippen LogP contribution in [0, 0.1) is 0 Å². The Morgan fingerprint density at radius 2 is 2.39 bits per heavy atom. The van der Waals surface area contributed by atoms with Crippen molar-refractivity contribution in [3.8, 4) is 0 Å². The maximum absolute atomic E-state index is 11.6. The summed E-state index contributed by atoms with van der Waals surface area (Å²) >= 11 is 1.60. The summed E-state index contributed by atoms with van der Waals surface area (Å²) < 4.78 is 4.96. The highest BCUT2D eigenvalue weighted by Crippen LogP contribution is 2.14. The largest absolute Gasteiger partial charge is 0.462 e. The molecule has 2 aromatic rings. The van der Waals surface area contributed by atoms with Crippen molar-refractivity contribution in [2.75, 3.05) is 11.9 Å². The summed E-state index contributed by atoms with van der Waals surface area (Å²) in [7, 11) is 0. The average Bonchev–Trinajstić information content (AvgIpc) is 2.90. The fourth-order valence-electron chi connectivity index (χ4n) is 1.49. The number of benzene rings is 1. The zero-order valence-electron chi connectivity index (χ0n) is 10.1. The van der Waals surface area contributed by atoms with Crippen LogP contribution in [0.2, 0.25) is 0 Å². The van der Waals surface area contributed by atoms with Gasteiger partial charge in [0.25, 0.3) is 0 Å². The maximum atomic E-state index is 11.6. The van der Waals surface area contributed by atoms with E-state index < -0.39 is 0 Å². The number of ether oxygens (including phenoxy) is 1. The molecule has 0 atom stereocenters. The highest BCUT2D eigenvalue weighted by Gasteiger charge is 2.06. The second-order valence-electron chi connectivity index (χ2n) is 3.62. The molecule has 1 aromatic carbocycles. The molecule has 94 valence electrons. The number of thiazole rings is 1. The summed E-state index contributed by atoms with van der Waals surface area (Å²) in [5.74, 6) is -0.293. The van der Waals surface area contributed by atoms with Gasteiger partial charge in [0.05, 0.1) is 24.2 Å². The zero-order valence-corrected chi connectivity index (χ0v) is 10.9. The lowest BCUT2D eigenvalue weighted by atomic mass is 10.2.